The second-order valence-electron chi connectivity index (χ2n) is 5.10. The number of tetrazole rings is 1. The van der Waals surface area contributed by atoms with Gasteiger partial charge in [0.15, 0.2) is 5.82 Å². The van der Waals surface area contributed by atoms with Crippen molar-refractivity contribution in [2.24, 2.45) is 0 Å². The van der Waals surface area contributed by atoms with E-state index in [-0.39, 0.29) is 25.5 Å². The molecule has 10 heteroatoms. The zero-order valence-corrected chi connectivity index (χ0v) is 14.8. The van der Waals surface area contributed by atoms with Gasteiger partial charge in [-0.25, -0.2) is 4.79 Å². The van der Waals surface area contributed by atoms with Crippen LogP contribution in [0.4, 0.5) is 4.79 Å². The van der Waals surface area contributed by atoms with Gasteiger partial charge < -0.3 is 20.1 Å². The Labute approximate surface area is 150 Å². The molecule has 0 atom stereocenters. The van der Waals surface area contributed by atoms with Crippen LogP contribution in [0.5, 0.6) is 5.75 Å². The summed E-state index contributed by atoms with van der Waals surface area (Å²) in [4.78, 5) is 23.0. The van der Waals surface area contributed by atoms with Crippen LogP contribution in [0.2, 0.25) is 0 Å². The summed E-state index contributed by atoms with van der Waals surface area (Å²) in [7, 11) is 0. The Morgan fingerprint density at radius 3 is 2.58 bits per heavy atom. The number of hydrogen-bond donors (Lipinski definition) is 2. The summed E-state index contributed by atoms with van der Waals surface area (Å²) in [5, 5.41) is 16.7. The number of rotatable bonds is 9. The minimum Gasteiger partial charge on any atom is -0.494 e. The molecule has 2 N–H and O–H groups in total. The van der Waals surface area contributed by atoms with Crippen LogP contribution in [0.1, 0.15) is 26.1 Å². The predicted molar refractivity (Wildman–Crippen MR) is 91.8 cm³/mol. The predicted octanol–water partition coefficient (Wildman–Crippen LogP) is 0.813. The number of carbonyl (C=O) groups is 2. The van der Waals surface area contributed by atoms with E-state index >= 15 is 0 Å². The van der Waals surface area contributed by atoms with E-state index in [4.69, 9.17) is 9.47 Å². The van der Waals surface area contributed by atoms with Crippen LogP contribution in [0, 0.1) is 0 Å². The van der Waals surface area contributed by atoms with Gasteiger partial charge in [0.1, 0.15) is 5.75 Å². The lowest BCUT2D eigenvalue weighted by molar-refractivity contribution is -0.142. The SMILES string of the molecule is CCOC(=O)CCNC(=O)NCc1nnnn1-c1ccc(OCC)cc1. The number of ether oxygens (including phenoxy) is 2. The van der Waals surface area contributed by atoms with Gasteiger partial charge >= 0.3 is 12.0 Å². The second kappa shape index (κ2) is 9.97. The molecule has 0 aliphatic carbocycles. The third kappa shape index (κ3) is 5.72. The largest absolute Gasteiger partial charge is 0.494 e. The van der Waals surface area contributed by atoms with Crippen molar-refractivity contribution in [1.29, 1.82) is 0 Å². The smallest absolute Gasteiger partial charge is 0.315 e. The van der Waals surface area contributed by atoms with Crippen LogP contribution in [0.25, 0.3) is 5.69 Å². The Hall–Kier alpha value is -3.17. The lowest BCUT2D eigenvalue weighted by atomic mass is 10.3. The first kappa shape index (κ1) is 19.2. The van der Waals surface area contributed by atoms with E-state index in [0.29, 0.717) is 19.0 Å². The number of carbonyl (C=O) groups excluding carboxylic acids is 2. The maximum Gasteiger partial charge on any atom is 0.315 e. The van der Waals surface area contributed by atoms with E-state index < -0.39 is 6.03 Å². The molecule has 0 radical (unpaired) electrons. The molecule has 2 rings (SSSR count). The maximum atomic E-state index is 11.8. The van der Waals surface area contributed by atoms with Crippen molar-refractivity contribution < 1.29 is 19.1 Å². The fraction of sp³-hybridized carbons (Fsp3) is 0.438. The topological polar surface area (TPSA) is 120 Å². The average molecular weight is 362 g/mol. The standard InChI is InChI=1S/C16H22N6O4/c1-3-25-13-7-5-12(6-8-13)22-14(19-20-21-22)11-18-16(24)17-10-9-15(23)26-4-2/h5-8H,3-4,9-11H2,1-2H3,(H2,17,18,24). The van der Waals surface area contributed by atoms with E-state index in [1.165, 1.54) is 4.68 Å². The molecule has 1 aromatic carbocycles. The molecule has 0 unspecified atom stereocenters. The summed E-state index contributed by atoms with van der Waals surface area (Å²) in [5.41, 5.74) is 0.748. The summed E-state index contributed by atoms with van der Waals surface area (Å²) in [6, 6.07) is 6.87. The van der Waals surface area contributed by atoms with Crippen LogP contribution >= 0.6 is 0 Å². The van der Waals surface area contributed by atoms with Crippen LogP contribution in [-0.4, -0.2) is 52.0 Å². The van der Waals surface area contributed by atoms with Crippen molar-refractivity contribution in [1.82, 2.24) is 30.8 Å². The van der Waals surface area contributed by atoms with Gasteiger partial charge in [0, 0.05) is 6.54 Å². The molecule has 0 spiro atoms. The van der Waals surface area contributed by atoms with E-state index in [9.17, 15) is 9.59 Å². The van der Waals surface area contributed by atoms with Gasteiger partial charge in [-0.05, 0) is 48.5 Å². The summed E-state index contributed by atoms with van der Waals surface area (Å²) in [6.07, 6.45) is 0.116. The molecule has 26 heavy (non-hydrogen) atoms. The number of urea groups is 1. The minimum atomic E-state index is -0.421. The highest BCUT2D eigenvalue weighted by Gasteiger charge is 2.10. The van der Waals surface area contributed by atoms with Gasteiger partial charge in [-0.3, -0.25) is 4.79 Å². The molecular weight excluding hydrogens is 340 g/mol. The quantitative estimate of drug-likeness (QED) is 0.633. The van der Waals surface area contributed by atoms with E-state index in [2.05, 4.69) is 26.2 Å². The summed E-state index contributed by atoms with van der Waals surface area (Å²) in [6.45, 7) is 4.87. The van der Waals surface area contributed by atoms with Crippen LogP contribution < -0.4 is 15.4 Å². The van der Waals surface area contributed by atoms with Gasteiger partial charge in [-0.2, -0.15) is 4.68 Å². The molecule has 2 amide bonds. The lowest BCUT2D eigenvalue weighted by Gasteiger charge is -2.08. The molecule has 0 fully saturated rings. The molecule has 0 saturated carbocycles. The fourth-order valence-electron chi connectivity index (χ4n) is 2.10. The van der Waals surface area contributed by atoms with Crippen molar-refractivity contribution in [3.8, 4) is 11.4 Å². The van der Waals surface area contributed by atoms with Crippen molar-refractivity contribution >= 4 is 12.0 Å². The van der Waals surface area contributed by atoms with E-state index in [1.54, 1.807) is 6.92 Å². The highest BCUT2D eigenvalue weighted by atomic mass is 16.5. The van der Waals surface area contributed by atoms with E-state index in [1.807, 2.05) is 31.2 Å². The summed E-state index contributed by atoms with van der Waals surface area (Å²) >= 11 is 0. The zero-order chi connectivity index (χ0) is 18.8. The van der Waals surface area contributed by atoms with E-state index in [0.717, 1.165) is 11.4 Å². The Balaban J connectivity index is 1.84. The molecule has 1 aromatic heterocycles. The summed E-state index contributed by atoms with van der Waals surface area (Å²) < 4.78 is 11.7. The number of amides is 2. The number of benzene rings is 1. The average Bonchev–Trinajstić information content (AvgIpc) is 3.10. The first-order valence-corrected chi connectivity index (χ1v) is 8.31. The number of esters is 1. The molecule has 0 aliphatic rings. The van der Waals surface area contributed by atoms with Crippen molar-refractivity contribution in [2.45, 2.75) is 26.8 Å². The first-order chi connectivity index (χ1) is 12.6. The van der Waals surface area contributed by atoms with Gasteiger partial charge in [0.2, 0.25) is 0 Å². The first-order valence-electron chi connectivity index (χ1n) is 8.31. The van der Waals surface area contributed by atoms with Gasteiger partial charge in [-0.1, -0.05) is 0 Å². The van der Waals surface area contributed by atoms with Crippen molar-refractivity contribution in [3.05, 3.63) is 30.1 Å². The Bertz CT molecular complexity index is 716. The van der Waals surface area contributed by atoms with Gasteiger partial charge in [-0.15, -0.1) is 5.10 Å². The third-order valence-electron chi connectivity index (χ3n) is 3.25. The van der Waals surface area contributed by atoms with Crippen LogP contribution in [0.3, 0.4) is 0 Å². The monoisotopic (exact) mass is 362 g/mol. The highest BCUT2D eigenvalue weighted by molar-refractivity contribution is 5.75. The second-order valence-corrected chi connectivity index (χ2v) is 5.10. The van der Waals surface area contributed by atoms with Crippen molar-refractivity contribution in [2.75, 3.05) is 19.8 Å². The number of aromatic nitrogens is 4. The maximum absolute atomic E-state index is 11.8. The Morgan fingerprint density at radius 2 is 1.88 bits per heavy atom. The molecular formula is C16H22N6O4. The molecule has 0 saturated heterocycles. The molecule has 0 bridgehead atoms. The highest BCUT2D eigenvalue weighted by Crippen LogP contribution is 2.15. The zero-order valence-electron chi connectivity index (χ0n) is 14.8. The lowest BCUT2D eigenvalue weighted by Crippen LogP contribution is -2.36. The molecule has 2 aromatic rings. The van der Waals surface area contributed by atoms with Crippen molar-refractivity contribution in [3.63, 3.8) is 0 Å². The molecule has 10 nitrogen and oxygen atoms in total. The van der Waals surface area contributed by atoms with Crippen LogP contribution in [0.15, 0.2) is 24.3 Å². The number of nitrogens with zero attached hydrogens (tertiary/aromatic N) is 4. The van der Waals surface area contributed by atoms with Gasteiger partial charge in [0.05, 0.1) is 31.9 Å². The normalized spacial score (nSPS) is 10.2. The molecule has 0 aliphatic heterocycles. The molecule has 140 valence electrons. The molecule has 1 heterocycles. The Kier molecular flexibility index (Phi) is 7.34. The minimum absolute atomic E-state index is 0.116. The third-order valence-corrected chi connectivity index (χ3v) is 3.25. The van der Waals surface area contributed by atoms with Gasteiger partial charge in [0.25, 0.3) is 0 Å². The fourth-order valence-corrected chi connectivity index (χ4v) is 2.10. The number of hydrogen-bond acceptors (Lipinski definition) is 7. The number of nitrogens with one attached hydrogen (secondary N) is 2. The Morgan fingerprint density at radius 1 is 1.12 bits per heavy atom. The van der Waals surface area contributed by atoms with Crippen LogP contribution in [-0.2, 0) is 16.1 Å². The summed E-state index contributed by atoms with van der Waals surface area (Å²) in [5.74, 6) is 0.868.